The Kier molecular flexibility index (Phi) is 5.51. The second-order valence-electron chi connectivity index (χ2n) is 4.60. The summed E-state index contributed by atoms with van der Waals surface area (Å²) in [5, 5.41) is 11.8. The van der Waals surface area contributed by atoms with Crippen molar-refractivity contribution in [3.63, 3.8) is 0 Å². The molecule has 0 unspecified atom stereocenters. The van der Waals surface area contributed by atoms with Crippen LogP contribution in [0.4, 0.5) is 4.39 Å². The van der Waals surface area contributed by atoms with Gasteiger partial charge in [0.2, 0.25) is 0 Å². The fourth-order valence-corrected chi connectivity index (χ4v) is 2.15. The molecule has 0 saturated carbocycles. The second kappa shape index (κ2) is 6.70. The van der Waals surface area contributed by atoms with Gasteiger partial charge in [0.1, 0.15) is 5.82 Å². The SMILES string of the molecule is CCC(CC)(CNC(=O)c1ccc(F)cc1Cl)C(=O)O. The van der Waals surface area contributed by atoms with Crippen LogP contribution in [0.3, 0.4) is 0 Å². The maximum absolute atomic E-state index is 12.9. The molecule has 1 aromatic carbocycles. The molecule has 4 nitrogen and oxygen atoms in total. The number of nitrogens with one attached hydrogen (secondary N) is 1. The molecule has 1 amide bonds. The Hall–Kier alpha value is -1.62. The number of amides is 1. The van der Waals surface area contributed by atoms with E-state index in [-0.39, 0.29) is 17.1 Å². The van der Waals surface area contributed by atoms with E-state index in [0.717, 1.165) is 12.1 Å². The topological polar surface area (TPSA) is 66.4 Å². The van der Waals surface area contributed by atoms with Gasteiger partial charge in [-0.3, -0.25) is 9.59 Å². The van der Waals surface area contributed by atoms with Crippen molar-refractivity contribution < 1.29 is 19.1 Å². The van der Waals surface area contributed by atoms with Crippen molar-refractivity contribution in [1.29, 1.82) is 0 Å². The highest BCUT2D eigenvalue weighted by atomic mass is 35.5. The Morgan fingerprint density at radius 3 is 2.40 bits per heavy atom. The van der Waals surface area contributed by atoms with Gasteiger partial charge >= 0.3 is 5.97 Å². The van der Waals surface area contributed by atoms with Crippen molar-refractivity contribution >= 4 is 23.5 Å². The first-order valence-corrected chi connectivity index (χ1v) is 6.70. The fraction of sp³-hybridized carbons (Fsp3) is 0.429. The number of carboxylic acids is 1. The number of hydrogen-bond donors (Lipinski definition) is 2. The van der Waals surface area contributed by atoms with Crippen LogP contribution in [-0.2, 0) is 4.79 Å². The zero-order valence-electron chi connectivity index (χ0n) is 11.4. The maximum atomic E-state index is 12.9. The molecule has 20 heavy (non-hydrogen) atoms. The average Bonchev–Trinajstić information content (AvgIpc) is 2.39. The van der Waals surface area contributed by atoms with Crippen molar-refractivity contribution in [2.75, 3.05) is 6.54 Å². The molecule has 0 bridgehead atoms. The van der Waals surface area contributed by atoms with E-state index >= 15 is 0 Å². The normalized spacial score (nSPS) is 11.2. The summed E-state index contributed by atoms with van der Waals surface area (Å²) in [4.78, 5) is 23.3. The van der Waals surface area contributed by atoms with Crippen molar-refractivity contribution in [3.8, 4) is 0 Å². The highest BCUT2D eigenvalue weighted by Gasteiger charge is 2.35. The lowest BCUT2D eigenvalue weighted by atomic mass is 9.82. The summed E-state index contributed by atoms with van der Waals surface area (Å²) < 4.78 is 12.9. The summed E-state index contributed by atoms with van der Waals surface area (Å²) in [6.07, 6.45) is 0.798. The van der Waals surface area contributed by atoms with Crippen LogP contribution in [0.25, 0.3) is 0 Å². The maximum Gasteiger partial charge on any atom is 0.311 e. The molecule has 6 heteroatoms. The highest BCUT2D eigenvalue weighted by Crippen LogP contribution is 2.26. The molecule has 0 aromatic heterocycles. The molecule has 2 N–H and O–H groups in total. The molecule has 0 radical (unpaired) electrons. The van der Waals surface area contributed by atoms with E-state index in [1.165, 1.54) is 6.07 Å². The van der Waals surface area contributed by atoms with Crippen LogP contribution < -0.4 is 5.32 Å². The van der Waals surface area contributed by atoms with E-state index < -0.39 is 23.1 Å². The zero-order valence-corrected chi connectivity index (χ0v) is 12.1. The van der Waals surface area contributed by atoms with Crippen molar-refractivity contribution in [1.82, 2.24) is 5.32 Å². The third-order valence-corrected chi connectivity index (χ3v) is 3.88. The van der Waals surface area contributed by atoms with E-state index in [2.05, 4.69) is 5.32 Å². The average molecular weight is 302 g/mol. The summed E-state index contributed by atoms with van der Waals surface area (Å²) in [6, 6.07) is 3.44. The summed E-state index contributed by atoms with van der Waals surface area (Å²) >= 11 is 5.79. The van der Waals surface area contributed by atoms with Crippen LogP contribution in [0.1, 0.15) is 37.0 Å². The Bertz CT molecular complexity index is 515. The van der Waals surface area contributed by atoms with Gasteiger partial charge in [-0.1, -0.05) is 25.4 Å². The monoisotopic (exact) mass is 301 g/mol. The predicted molar refractivity (Wildman–Crippen MR) is 74.4 cm³/mol. The first-order valence-electron chi connectivity index (χ1n) is 6.33. The second-order valence-corrected chi connectivity index (χ2v) is 5.01. The van der Waals surface area contributed by atoms with Gasteiger partial charge in [0, 0.05) is 6.54 Å². The molecule has 0 spiro atoms. The van der Waals surface area contributed by atoms with Crippen LogP contribution in [-0.4, -0.2) is 23.5 Å². The number of benzene rings is 1. The minimum absolute atomic E-state index is 0.00186. The van der Waals surface area contributed by atoms with Gasteiger partial charge in [-0.25, -0.2) is 4.39 Å². The van der Waals surface area contributed by atoms with Crippen molar-refractivity contribution in [3.05, 3.63) is 34.6 Å². The highest BCUT2D eigenvalue weighted by molar-refractivity contribution is 6.33. The molecule has 0 heterocycles. The number of halogens is 2. The third-order valence-electron chi connectivity index (χ3n) is 3.57. The molecule has 110 valence electrons. The largest absolute Gasteiger partial charge is 0.481 e. The van der Waals surface area contributed by atoms with E-state index in [0.29, 0.717) is 12.8 Å². The Balaban J connectivity index is 2.83. The van der Waals surface area contributed by atoms with Gasteiger partial charge in [-0.2, -0.15) is 0 Å². The minimum atomic E-state index is -0.998. The quantitative estimate of drug-likeness (QED) is 0.848. The lowest BCUT2D eigenvalue weighted by Gasteiger charge is -2.26. The first-order chi connectivity index (χ1) is 9.36. The summed E-state index contributed by atoms with van der Waals surface area (Å²) in [5.41, 5.74) is -0.873. The van der Waals surface area contributed by atoms with E-state index in [1.54, 1.807) is 13.8 Å². The minimum Gasteiger partial charge on any atom is -0.481 e. The number of aliphatic carboxylic acids is 1. The number of carbonyl (C=O) groups is 2. The molecule has 0 aliphatic carbocycles. The third kappa shape index (κ3) is 3.48. The summed E-state index contributed by atoms with van der Waals surface area (Å²) in [5.74, 6) is -2.00. The molecule has 1 aromatic rings. The lowest BCUT2D eigenvalue weighted by molar-refractivity contribution is -0.149. The molecular weight excluding hydrogens is 285 g/mol. The first kappa shape index (κ1) is 16.4. The van der Waals surface area contributed by atoms with E-state index in [4.69, 9.17) is 11.6 Å². The molecule has 1 rings (SSSR count). The van der Waals surface area contributed by atoms with Gasteiger partial charge in [0.05, 0.1) is 16.0 Å². The summed E-state index contributed by atoms with van der Waals surface area (Å²) in [6.45, 7) is 3.52. The zero-order chi connectivity index (χ0) is 15.3. The fourth-order valence-electron chi connectivity index (χ4n) is 1.90. The Morgan fingerprint density at radius 2 is 1.95 bits per heavy atom. The van der Waals surface area contributed by atoms with Crippen molar-refractivity contribution in [2.24, 2.45) is 5.41 Å². The van der Waals surface area contributed by atoms with Gasteiger partial charge in [0.15, 0.2) is 0 Å². The van der Waals surface area contributed by atoms with Gasteiger partial charge in [-0.05, 0) is 31.0 Å². The Morgan fingerprint density at radius 1 is 1.35 bits per heavy atom. The molecule has 0 aliphatic rings. The van der Waals surface area contributed by atoms with Crippen LogP contribution >= 0.6 is 11.6 Å². The lowest BCUT2D eigenvalue weighted by Crippen LogP contribution is -2.42. The number of rotatable bonds is 6. The predicted octanol–water partition coefficient (Wildman–Crippen LogP) is 3.10. The smallest absolute Gasteiger partial charge is 0.311 e. The van der Waals surface area contributed by atoms with Crippen LogP contribution in [0.5, 0.6) is 0 Å². The number of carboxylic acid groups (broad SMARTS) is 1. The van der Waals surface area contributed by atoms with Crippen LogP contribution in [0.2, 0.25) is 5.02 Å². The van der Waals surface area contributed by atoms with Crippen LogP contribution in [0.15, 0.2) is 18.2 Å². The molecular formula is C14H17ClFNO3. The number of hydrogen-bond acceptors (Lipinski definition) is 2. The molecule has 0 atom stereocenters. The Labute approximate surface area is 121 Å². The summed E-state index contributed by atoms with van der Waals surface area (Å²) in [7, 11) is 0. The van der Waals surface area contributed by atoms with E-state index in [9.17, 15) is 19.1 Å². The molecule has 0 fully saturated rings. The molecule has 0 aliphatic heterocycles. The van der Waals surface area contributed by atoms with Gasteiger partial charge < -0.3 is 10.4 Å². The van der Waals surface area contributed by atoms with E-state index in [1.807, 2.05) is 0 Å². The molecule has 0 saturated heterocycles. The number of carbonyl (C=O) groups excluding carboxylic acids is 1. The van der Waals surface area contributed by atoms with Gasteiger partial charge in [0.25, 0.3) is 5.91 Å². The van der Waals surface area contributed by atoms with Crippen LogP contribution in [0, 0.1) is 11.2 Å². The van der Waals surface area contributed by atoms with Gasteiger partial charge in [-0.15, -0.1) is 0 Å². The standard InChI is InChI=1S/C14H17ClFNO3/c1-3-14(4-2,13(19)20)8-17-12(18)10-6-5-9(16)7-11(10)15/h5-7H,3-4,8H2,1-2H3,(H,17,18)(H,19,20). The van der Waals surface area contributed by atoms with Crippen molar-refractivity contribution in [2.45, 2.75) is 26.7 Å².